The molecule has 2 aromatic rings. The van der Waals surface area contributed by atoms with Gasteiger partial charge in [-0.1, -0.05) is 27.4 Å². The molecule has 2 aromatic heterocycles. The van der Waals surface area contributed by atoms with E-state index in [1.54, 1.807) is 0 Å². The summed E-state index contributed by atoms with van der Waals surface area (Å²) in [7, 11) is 0. The average Bonchev–Trinajstić information content (AvgIpc) is 2.95. The maximum atomic E-state index is 12.0. The minimum absolute atomic E-state index is 0.0404. The van der Waals surface area contributed by atoms with E-state index in [2.05, 4.69) is 37.3 Å². The summed E-state index contributed by atoms with van der Waals surface area (Å²) in [5.41, 5.74) is 7.57. The molecule has 0 radical (unpaired) electrons. The lowest BCUT2D eigenvalue weighted by molar-refractivity contribution is -0.127. The lowest BCUT2D eigenvalue weighted by Crippen LogP contribution is -2.40. The van der Waals surface area contributed by atoms with E-state index in [4.69, 9.17) is 10.8 Å². The normalized spacial score (nSPS) is 18.8. The SMILES string of the molecule is C=CC(=O)N1CCC[C@@H](n2nc(C(C)(C)C)c3c(N)ncnc32)C1. The van der Waals surface area contributed by atoms with Crippen LogP contribution in [0.1, 0.15) is 45.3 Å². The highest BCUT2D eigenvalue weighted by Gasteiger charge is 2.30. The largest absolute Gasteiger partial charge is 0.383 e. The van der Waals surface area contributed by atoms with Crippen molar-refractivity contribution in [1.29, 1.82) is 0 Å². The van der Waals surface area contributed by atoms with Crippen LogP contribution in [0.2, 0.25) is 0 Å². The Labute approximate surface area is 141 Å². The summed E-state index contributed by atoms with van der Waals surface area (Å²) in [5, 5.41) is 5.65. The number of carbonyl (C=O) groups excluding carboxylic acids is 1. The Hall–Kier alpha value is -2.44. The van der Waals surface area contributed by atoms with Crippen molar-refractivity contribution < 1.29 is 4.79 Å². The van der Waals surface area contributed by atoms with E-state index in [1.807, 2.05) is 9.58 Å². The van der Waals surface area contributed by atoms with Crippen LogP contribution in [0.15, 0.2) is 19.0 Å². The third-order valence-corrected chi connectivity index (χ3v) is 4.46. The zero-order valence-electron chi connectivity index (χ0n) is 14.5. The molecule has 0 saturated carbocycles. The highest BCUT2D eigenvalue weighted by Crippen LogP contribution is 2.34. The first-order chi connectivity index (χ1) is 11.3. The van der Waals surface area contributed by atoms with Gasteiger partial charge in [0.1, 0.15) is 12.1 Å². The topological polar surface area (TPSA) is 89.9 Å². The van der Waals surface area contributed by atoms with Crippen molar-refractivity contribution in [3.05, 3.63) is 24.7 Å². The molecule has 24 heavy (non-hydrogen) atoms. The molecule has 1 atom stereocenters. The van der Waals surface area contributed by atoms with Crippen molar-refractivity contribution in [3.63, 3.8) is 0 Å². The Kier molecular flexibility index (Phi) is 4.03. The molecule has 1 amide bonds. The summed E-state index contributed by atoms with van der Waals surface area (Å²) in [6.45, 7) is 11.2. The summed E-state index contributed by atoms with van der Waals surface area (Å²) in [5.74, 6) is 0.410. The van der Waals surface area contributed by atoms with Crippen molar-refractivity contribution >= 4 is 22.8 Å². The molecule has 0 aromatic carbocycles. The molecule has 128 valence electrons. The molecule has 3 rings (SSSR count). The predicted octanol–water partition coefficient (Wildman–Crippen LogP) is 2.06. The molecule has 1 fully saturated rings. The van der Waals surface area contributed by atoms with E-state index in [0.717, 1.165) is 36.1 Å². The van der Waals surface area contributed by atoms with Gasteiger partial charge in [-0.3, -0.25) is 4.79 Å². The fraction of sp³-hybridized carbons (Fsp3) is 0.529. The van der Waals surface area contributed by atoms with E-state index in [9.17, 15) is 4.79 Å². The van der Waals surface area contributed by atoms with Crippen LogP contribution < -0.4 is 5.73 Å². The van der Waals surface area contributed by atoms with Crippen LogP contribution in [0.4, 0.5) is 5.82 Å². The molecule has 1 saturated heterocycles. The van der Waals surface area contributed by atoms with Crippen LogP contribution in [0.5, 0.6) is 0 Å². The third kappa shape index (κ3) is 2.74. The Morgan fingerprint density at radius 1 is 1.42 bits per heavy atom. The molecular weight excluding hydrogens is 304 g/mol. The second-order valence-corrected chi connectivity index (χ2v) is 7.29. The number of nitrogens with two attached hydrogens (primary N) is 1. The quantitative estimate of drug-likeness (QED) is 0.852. The monoisotopic (exact) mass is 328 g/mol. The number of likely N-dealkylation sites (tertiary alicyclic amines) is 1. The fourth-order valence-corrected chi connectivity index (χ4v) is 3.26. The van der Waals surface area contributed by atoms with E-state index in [1.165, 1.54) is 12.4 Å². The molecule has 7 heteroatoms. The van der Waals surface area contributed by atoms with Crippen LogP contribution >= 0.6 is 0 Å². The number of amides is 1. The highest BCUT2D eigenvalue weighted by atomic mass is 16.2. The van der Waals surface area contributed by atoms with Gasteiger partial charge in [0, 0.05) is 18.5 Å². The number of piperidine rings is 1. The van der Waals surface area contributed by atoms with E-state index < -0.39 is 0 Å². The Bertz CT molecular complexity index is 788. The number of hydrogen-bond donors (Lipinski definition) is 1. The molecule has 0 bridgehead atoms. The van der Waals surface area contributed by atoms with Gasteiger partial charge in [0.2, 0.25) is 5.91 Å². The molecule has 7 nitrogen and oxygen atoms in total. The zero-order chi connectivity index (χ0) is 17.5. The van der Waals surface area contributed by atoms with Crippen molar-refractivity contribution in [3.8, 4) is 0 Å². The maximum absolute atomic E-state index is 12.0. The van der Waals surface area contributed by atoms with Crippen molar-refractivity contribution in [2.75, 3.05) is 18.8 Å². The standard InChI is InChI=1S/C17H24N6O/c1-5-12(24)22-8-6-7-11(9-22)23-16-13(15(18)19-10-20-16)14(21-23)17(2,3)4/h5,10-11H,1,6-9H2,2-4H3,(H2,18,19,20)/t11-/m1/s1. The first kappa shape index (κ1) is 16.4. The molecular formula is C17H24N6O. The number of anilines is 1. The van der Waals surface area contributed by atoms with E-state index in [-0.39, 0.29) is 17.4 Å². The minimum atomic E-state index is -0.173. The van der Waals surface area contributed by atoms with Gasteiger partial charge in [-0.05, 0) is 18.9 Å². The summed E-state index contributed by atoms with van der Waals surface area (Å²) in [4.78, 5) is 22.3. The number of rotatable bonds is 2. The van der Waals surface area contributed by atoms with Gasteiger partial charge in [-0.2, -0.15) is 5.10 Å². The zero-order valence-corrected chi connectivity index (χ0v) is 14.5. The summed E-state index contributed by atoms with van der Waals surface area (Å²) in [6, 6.07) is 0.0792. The van der Waals surface area contributed by atoms with Crippen LogP contribution in [-0.2, 0) is 10.2 Å². The number of carbonyl (C=O) groups is 1. The number of aromatic nitrogens is 4. The van der Waals surface area contributed by atoms with Crippen LogP contribution in [0.3, 0.4) is 0 Å². The maximum Gasteiger partial charge on any atom is 0.246 e. The second-order valence-electron chi connectivity index (χ2n) is 7.29. The van der Waals surface area contributed by atoms with E-state index in [0.29, 0.717) is 12.4 Å². The Balaban J connectivity index is 2.08. The fourth-order valence-electron chi connectivity index (χ4n) is 3.26. The number of nitrogens with zero attached hydrogens (tertiary/aromatic N) is 5. The summed E-state index contributed by atoms with van der Waals surface area (Å²) in [6.07, 6.45) is 4.71. The highest BCUT2D eigenvalue weighted by molar-refractivity contribution is 5.89. The molecule has 2 N–H and O–H groups in total. The lowest BCUT2D eigenvalue weighted by atomic mass is 9.90. The van der Waals surface area contributed by atoms with Gasteiger partial charge in [-0.25, -0.2) is 14.6 Å². The molecule has 3 heterocycles. The molecule has 0 spiro atoms. The molecule has 0 unspecified atom stereocenters. The number of hydrogen-bond acceptors (Lipinski definition) is 5. The van der Waals surface area contributed by atoms with Crippen molar-refractivity contribution in [2.24, 2.45) is 0 Å². The van der Waals surface area contributed by atoms with Gasteiger partial charge in [0.05, 0.1) is 17.1 Å². The predicted molar refractivity (Wildman–Crippen MR) is 93.5 cm³/mol. The van der Waals surface area contributed by atoms with Gasteiger partial charge in [0.15, 0.2) is 5.65 Å². The molecule has 1 aliphatic heterocycles. The van der Waals surface area contributed by atoms with Crippen LogP contribution in [0.25, 0.3) is 11.0 Å². The van der Waals surface area contributed by atoms with Crippen molar-refractivity contribution in [1.82, 2.24) is 24.6 Å². The van der Waals surface area contributed by atoms with Gasteiger partial charge in [0.25, 0.3) is 0 Å². The second kappa shape index (κ2) is 5.89. The van der Waals surface area contributed by atoms with E-state index >= 15 is 0 Å². The number of fused-ring (bicyclic) bond motifs is 1. The van der Waals surface area contributed by atoms with Crippen LogP contribution in [-0.4, -0.2) is 43.6 Å². The van der Waals surface area contributed by atoms with Crippen LogP contribution in [0, 0.1) is 0 Å². The smallest absolute Gasteiger partial charge is 0.246 e. The van der Waals surface area contributed by atoms with Gasteiger partial charge >= 0.3 is 0 Å². The molecule has 1 aliphatic rings. The Morgan fingerprint density at radius 3 is 2.83 bits per heavy atom. The van der Waals surface area contributed by atoms with Gasteiger partial charge < -0.3 is 10.6 Å². The summed E-state index contributed by atoms with van der Waals surface area (Å²) < 4.78 is 1.93. The third-order valence-electron chi connectivity index (χ3n) is 4.46. The first-order valence-corrected chi connectivity index (χ1v) is 8.23. The average molecular weight is 328 g/mol. The van der Waals surface area contributed by atoms with Crippen molar-refractivity contribution in [2.45, 2.75) is 45.1 Å². The minimum Gasteiger partial charge on any atom is -0.383 e. The number of nitrogen functional groups attached to an aromatic ring is 1. The molecule has 0 aliphatic carbocycles. The lowest BCUT2D eigenvalue weighted by Gasteiger charge is -2.32. The Morgan fingerprint density at radius 2 is 2.17 bits per heavy atom. The summed E-state index contributed by atoms with van der Waals surface area (Å²) >= 11 is 0. The first-order valence-electron chi connectivity index (χ1n) is 8.23. The van der Waals surface area contributed by atoms with Gasteiger partial charge in [-0.15, -0.1) is 0 Å².